The quantitative estimate of drug-likeness (QED) is 0.589. The molecular weight excluding hydrogens is 352 g/mol. The smallest absolute Gasteiger partial charge is 0.338 e. The van der Waals surface area contributed by atoms with Gasteiger partial charge in [0.15, 0.2) is 5.78 Å². The Morgan fingerprint density at radius 1 is 0.852 bits per heavy atom. The molecule has 1 N–H and O–H groups in total. The number of ketones is 1. The number of hydrogen-bond donors (Lipinski definition) is 1. The first kappa shape index (κ1) is 20.0. The van der Waals surface area contributed by atoms with Crippen molar-refractivity contribution in [3.05, 3.63) is 58.7 Å². The van der Waals surface area contributed by atoms with Crippen LogP contribution in [0.3, 0.4) is 0 Å². The van der Waals surface area contributed by atoms with Crippen molar-refractivity contribution < 1.29 is 33.7 Å². The van der Waals surface area contributed by atoms with Gasteiger partial charge in [0.1, 0.15) is 11.5 Å². The Labute approximate surface area is 156 Å². The van der Waals surface area contributed by atoms with Crippen LogP contribution in [-0.4, -0.2) is 43.2 Å². The summed E-state index contributed by atoms with van der Waals surface area (Å²) < 4.78 is 15.0. The third kappa shape index (κ3) is 4.63. The molecule has 0 heterocycles. The summed E-state index contributed by atoms with van der Waals surface area (Å²) in [5, 5.41) is 10.0. The van der Waals surface area contributed by atoms with E-state index in [1.54, 1.807) is 13.8 Å². The number of phenols is 1. The highest BCUT2D eigenvalue weighted by molar-refractivity contribution is 6.12. The first-order chi connectivity index (χ1) is 12.9. The van der Waals surface area contributed by atoms with Crippen molar-refractivity contribution in [2.75, 3.05) is 20.3 Å². The molecule has 0 saturated carbocycles. The van der Waals surface area contributed by atoms with Gasteiger partial charge in [0.2, 0.25) is 0 Å². The molecule has 0 radical (unpaired) electrons. The number of carbonyl (C=O) groups excluding carboxylic acids is 3. The average molecular weight is 372 g/mol. The highest BCUT2D eigenvalue weighted by Gasteiger charge is 2.20. The van der Waals surface area contributed by atoms with Crippen LogP contribution in [0.2, 0.25) is 0 Å². The number of methoxy groups -OCH3 is 1. The molecule has 0 fully saturated rings. The Morgan fingerprint density at radius 2 is 1.37 bits per heavy atom. The third-order valence-electron chi connectivity index (χ3n) is 3.67. The van der Waals surface area contributed by atoms with E-state index in [0.29, 0.717) is 5.75 Å². The molecule has 7 nitrogen and oxygen atoms in total. The number of ether oxygens (including phenoxy) is 3. The van der Waals surface area contributed by atoms with Gasteiger partial charge in [-0.2, -0.15) is 0 Å². The molecule has 2 aromatic rings. The van der Waals surface area contributed by atoms with E-state index in [2.05, 4.69) is 0 Å². The van der Waals surface area contributed by atoms with Crippen LogP contribution in [0.4, 0.5) is 0 Å². The molecule has 2 rings (SSSR count). The number of aromatic hydroxyl groups is 1. The van der Waals surface area contributed by atoms with E-state index in [0.717, 1.165) is 0 Å². The average Bonchev–Trinajstić information content (AvgIpc) is 2.67. The second-order valence-electron chi connectivity index (χ2n) is 5.45. The van der Waals surface area contributed by atoms with E-state index in [1.807, 2.05) is 0 Å². The summed E-state index contributed by atoms with van der Waals surface area (Å²) in [7, 11) is 1.43. The highest BCUT2D eigenvalue weighted by Crippen LogP contribution is 2.26. The van der Waals surface area contributed by atoms with Crippen LogP contribution in [0.5, 0.6) is 11.5 Å². The summed E-state index contributed by atoms with van der Waals surface area (Å²) in [5.41, 5.74) is 0.0820. The zero-order chi connectivity index (χ0) is 20.0. The molecular formula is C20H20O7. The van der Waals surface area contributed by atoms with Crippen molar-refractivity contribution in [1.29, 1.82) is 0 Å². The van der Waals surface area contributed by atoms with E-state index in [4.69, 9.17) is 14.2 Å². The molecule has 0 amide bonds. The maximum Gasteiger partial charge on any atom is 0.338 e. The minimum Gasteiger partial charge on any atom is -0.507 e. The van der Waals surface area contributed by atoms with Crippen molar-refractivity contribution in [3.8, 4) is 11.5 Å². The number of phenolic OH excluding ortho intramolecular Hbond substituents is 1. The summed E-state index contributed by atoms with van der Waals surface area (Å²) in [6.07, 6.45) is 0. The molecule has 0 aliphatic rings. The van der Waals surface area contributed by atoms with Crippen LogP contribution < -0.4 is 4.74 Å². The summed E-state index contributed by atoms with van der Waals surface area (Å²) in [6.45, 7) is 3.58. The summed E-state index contributed by atoms with van der Waals surface area (Å²) in [4.78, 5) is 37.1. The monoisotopic (exact) mass is 372 g/mol. The van der Waals surface area contributed by atoms with E-state index < -0.39 is 17.7 Å². The third-order valence-corrected chi connectivity index (χ3v) is 3.67. The van der Waals surface area contributed by atoms with E-state index in [1.165, 1.54) is 43.5 Å². The molecule has 0 atom stereocenters. The Bertz CT molecular complexity index is 834. The van der Waals surface area contributed by atoms with Gasteiger partial charge in [-0.05, 0) is 50.2 Å². The molecule has 0 aromatic heterocycles. The SMILES string of the molecule is CCOC(=O)c1cc(C(=O)OCC)cc(C(=O)c2cc(OC)ccc2O)c1. The van der Waals surface area contributed by atoms with Gasteiger partial charge in [0.25, 0.3) is 0 Å². The van der Waals surface area contributed by atoms with E-state index in [-0.39, 0.29) is 41.2 Å². The van der Waals surface area contributed by atoms with Gasteiger partial charge in [-0.1, -0.05) is 0 Å². The summed E-state index contributed by atoms with van der Waals surface area (Å²) in [5.74, 6) is -1.80. The lowest BCUT2D eigenvalue weighted by Gasteiger charge is -2.10. The normalized spacial score (nSPS) is 10.2. The van der Waals surface area contributed by atoms with Crippen LogP contribution in [0, 0.1) is 0 Å². The largest absolute Gasteiger partial charge is 0.507 e. The molecule has 0 aliphatic carbocycles. The molecule has 27 heavy (non-hydrogen) atoms. The molecule has 2 aromatic carbocycles. The van der Waals surface area contributed by atoms with E-state index in [9.17, 15) is 19.5 Å². The Balaban J connectivity index is 2.55. The van der Waals surface area contributed by atoms with Gasteiger partial charge >= 0.3 is 11.9 Å². The maximum atomic E-state index is 12.9. The topological polar surface area (TPSA) is 99.1 Å². The van der Waals surface area contributed by atoms with Crippen LogP contribution in [0.25, 0.3) is 0 Å². The Kier molecular flexibility index (Phi) is 6.54. The van der Waals surface area contributed by atoms with Gasteiger partial charge in [-0.25, -0.2) is 9.59 Å². The maximum absolute atomic E-state index is 12.9. The van der Waals surface area contributed by atoms with Crippen molar-refractivity contribution in [3.63, 3.8) is 0 Å². The van der Waals surface area contributed by atoms with Gasteiger partial charge < -0.3 is 19.3 Å². The van der Waals surface area contributed by atoms with Crippen LogP contribution >= 0.6 is 0 Å². The summed E-state index contributed by atoms with van der Waals surface area (Å²) >= 11 is 0. The highest BCUT2D eigenvalue weighted by atomic mass is 16.5. The predicted octanol–water partition coefficient (Wildman–Crippen LogP) is 2.99. The van der Waals surface area contributed by atoms with Crippen LogP contribution in [0.15, 0.2) is 36.4 Å². The number of hydrogen-bond acceptors (Lipinski definition) is 7. The molecule has 0 unspecified atom stereocenters. The first-order valence-electron chi connectivity index (χ1n) is 8.32. The zero-order valence-electron chi connectivity index (χ0n) is 15.3. The lowest BCUT2D eigenvalue weighted by atomic mass is 9.97. The predicted molar refractivity (Wildman–Crippen MR) is 96.4 cm³/mol. The van der Waals surface area contributed by atoms with Crippen molar-refractivity contribution >= 4 is 17.7 Å². The fourth-order valence-electron chi connectivity index (χ4n) is 2.40. The first-order valence-corrected chi connectivity index (χ1v) is 8.32. The van der Waals surface area contributed by atoms with E-state index >= 15 is 0 Å². The molecule has 7 heteroatoms. The van der Waals surface area contributed by atoms with Gasteiger partial charge in [-0.3, -0.25) is 4.79 Å². The van der Waals surface area contributed by atoms with Gasteiger partial charge in [0, 0.05) is 5.56 Å². The molecule has 142 valence electrons. The summed E-state index contributed by atoms with van der Waals surface area (Å²) in [6, 6.07) is 8.12. The molecule has 0 bridgehead atoms. The minimum absolute atomic E-state index is 0.0230. The van der Waals surface area contributed by atoms with Crippen molar-refractivity contribution in [2.24, 2.45) is 0 Å². The van der Waals surface area contributed by atoms with Gasteiger partial charge in [-0.15, -0.1) is 0 Å². The Morgan fingerprint density at radius 3 is 1.85 bits per heavy atom. The number of rotatable bonds is 7. The van der Waals surface area contributed by atoms with Crippen LogP contribution in [0.1, 0.15) is 50.5 Å². The zero-order valence-corrected chi connectivity index (χ0v) is 15.3. The second-order valence-corrected chi connectivity index (χ2v) is 5.45. The fourth-order valence-corrected chi connectivity index (χ4v) is 2.40. The molecule has 0 spiro atoms. The number of carbonyl (C=O) groups is 3. The second kappa shape index (κ2) is 8.84. The van der Waals surface area contributed by atoms with Crippen molar-refractivity contribution in [1.82, 2.24) is 0 Å². The number of esters is 2. The molecule has 0 aliphatic heterocycles. The van der Waals surface area contributed by atoms with Crippen molar-refractivity contribution in [2.45, 2.75) is 13.8 Å². The lowest BCUT2D eigenvalue weighted by Crippen LogP contribution is -2.12. The van der Waals surface area contributed by atoms with Crippen LogP contribution in [-0.2, 0) is 9.47 Å². The fraction of sp³-hybridized carbons (Fsp3) is 0.250. The lowest BCUT2D eigenvalue weighted by molar-refractivity contribution is 0.0525. The van der Waals surface area contributed by atoms with Gasteiger partial charge in [0.05, 0.1) is 37.0 Å². The standard InChI is InChI=1S/C20H20O7/c1-4-26-19(23)13-8-12(9-14(10-13)20(24)27-5-2)18(22)16-11-15(25-3)6-7-17(16)21/h6-11,21H,4-5H2,1-3H3. The molecule has 0 saturated heterocycles. The minimum atomic E-state index is -0.674. The Hall–Kier alpha value is -3.35. The number of benzene rings is 2.